The Bertz CT molecular complexity index is 531. The number of aliphatic hydroxyl groups excluding tert-OH is 1. The molecular weight excluding hydrogens is 267 g/mol. The Morgan fingerprint density at radius 3 is 2.65 bits per heavy atom. The van der Waals surface area contributed by atoms with Crippen LogP contribution in [0.2, 0.25) is 0 Å². The molecule has 1 N–H and O–H groups in total. The molecule has 1 fully saturated rings. The van der Waals surface area contributed by atoms with Gasteiger partial charge in [-0.15, -0.1) is 0 Å². The van der Waals surface area contributed by atoms with Gasteiger partial charge < -0.3 is 10.0 Å². The van der Waals surface area contributed by atoms with E-state index in [1.54, 1.807) is 0 Å². The summed E-state index contributed by atoms with van der Waals surface area (Å²) in [6.07, 6.45) is 2.68. The molecule has 0 heterocycles. The lowest BCUT2D eigenvalue weighted by Gasteiger charge is -2.37. The maximum absolute atomic E-state index is 13.4. The maximum Gasteiger partial charge on any atom is 0.273 e. The molecule has 0 unspecified atom stereocenters. The first kappa shape index (κ1) is 14.4. The number of hydrogen-bond acceptors (Lipinski definition) is 4. The first-order chi connectivity index (χ1) is 9.52. The van der Waals surface area contributed by atoms with E-state index < -0.39 is 22.3 Å². The third kappa shape index (κ3) is 2.93. The largest absolute Gasteiger partial charge is 0.395 e. The number of rotatable bonds is 5. The summed E-state index contributed by atoms with van der Waals surface area (Å²) in [5.74, 6) is -1.30. The van der Waals surface area contributed by atoms with Crippen molar-refractivity contribution in [2.45, 2.75) is 25.3 Å². The number of nitro groups is 1. The second-order valence-corrected chi connectivity index (χ2v) is 4.76. The normalized spacial score (nSPS) is 14.7. The first-order valence-corrected chi connectivity index (χ1v) is 6.39. The molecular formula is C13H15FN2O4. The highest BCUT2D eigenvalue weighted by molar-refractivity contribution is 5.95. The zero-order valence-electron chi connectivity index (χ0n) is 10.8. The van der Waals surface area contributed by atoms with Gasteiger partial charge in [0.15, 0.2) is 0 Å². The predicted molar refractivity (Wildman–Crippen MR) is 68.8 cm³/mol. The van der Waals surface area contributed by atoms with Gasteiger partial charge in [0, 0.05) is 24.2 Å². The summed E-state index contributed by atoms with van der Waals surface area (Å²) in [6.45, 7) is -0.0482. The average molecular weight is 282 g/mol. The molecule has 0 radical (unpaired) electrons. The number of benzene rings is 1. The molecule has 0 aliphatic heterocycles. The van der Waals surface area contributed by atoms with Crippen molar-refractivity contribution in [3.63, 3.8) is 0 Å². The summed E-state index contributed by atoms with van der Waals surface area (Å²) in [5, 5.41) is 19.7. The van der Waals surface area contributed by atoms with Crippen LogP contribution in [-0.4, -0.2) is 40.0 Å². The summed E-state index contributed by atoms with van der Waals surface area (Å²) in [7, 11) is 0. The summed E-state index contributed by atoms with van der Waals surface area (Å²) in [5.41, 5.74) is -0.511. The van der Waals surface area contributed by atoms with E-state index in [-0.39, 0.29) is 24.8 Å². The Morgan fingerprint density at radius 1 is 1.45 bits per heavy atom. The molecule has 1 amide bonds. The standard InChI is InChI=1S/C13H15FN2O4/c14-10-6-9(7-12(8-10)16(19)20)13(18)15(4-5-17)11-2-1-3-11/h6-8,11,17H,1-5H2. The van der Waals surface area contributed by atoms with E-state index in [2.05, 4.69) is 0 Å². The Morgan fingerprint density at radius 2 is 2.15 bits per heavy atom. The highest BCUT2D eigenvalue weighted by Gasteiger charge is 2.29. The molecule has 1 aromatic carbocycles. The summed E-state index contributed by atoms with van der Waals surface area (Å²) in [6, 6.07) is 2.85. The van der Waals surface area contributed by atoms with Crippen LogP contribution >= 0.6 is 0 Å². The topological polar surface area (TPSA) is 83.7 Å². The van der Waals surface area contributed by atoms with Crippen LogP contribution in [0.4, 0.5) is 10.1 Å². The van der Waals surface area contributed by atoms with Crippen LogP contribution in [0.5, 0.6) is 0 Å². The molecule has 0 bridgehead atoms. The molecule has 1 aliphatic rings. The van der Waals surface area contributed by atoms with Crippen molar-refractivity contribution in [2.24, 2.45) is 0 Å². The van der Waals surface area contributed by atoms with Crippen LogP contribution in [0.15, 0.2) is 18.2 Å². The number of carbonyl (C=O) groups is 1. The molecule has 0 atom stereocenters. The Hall–Kier alpha value is -2.02. The van der Waals surface area contributed by atoms with Gasteiger partial charge in [0.1, 0.15) is 5.82 Å². The van der Waals surface area contributed by atoms with Gasteiger partial charge in [-0.25, -0.2) is 4.39 Å². The lowest BCUT2D eigenvalue weighted by molar-refractivity contribution is -0.385. The highest BCUT2D eigenvalue weighted by atomic mass is 19.1. The van der Waals surface area contributed by atoms with Gasteiger partial charge in [0.25, 0.3) is 11.6 Å². The van der Waals surface area contributed by atoms with Crippen LogP contribution in [0.3, 0.4) is 0 Å². The quantitative estimate of drug-likeness (QED) is 0.658. The third-order valence-electron chi connectivity index (χ3n) is 3.46. The number of hydrogen-bond donors (Lipinski definition) is 1. The maximum atomic E-state index is 13.4. The van der Waals surface area contributed by atoms with Crippen molar-refractivity contribution >= 4 is 11.6 Å². The number of amides is 1. The Labute approximate surface area is 115 Å². The van der Waals surface area contributed by atoms with Crippen molar-refractivity contribution in [3.8, 4) is 0 Å². The average Bonchev–Trinajstić information content (AvgIpc) is 2.34. The minimum atomic E-state index is -0.819. The number of nitrogens with zero attached hydrogens (tertiary/aromatic N) is 2. The number of carbonyl (C=O) groups excluding carboxylic acids is 1. The van der Waals surface area contributed by atoms with Gasteiger partial charge in [-0.2, -0.15) is 0 Å². The number of aliphatic hydroxyl groups is 1. The number of non-ortho nitro benzene ring substituents is 1. The van der Waals surface area contributed by atoms with Crippen LogP contribution in [-0.2, 0) is 0 Å². The molecule has 6 nitrogen and oxygen atoms in total. The van der Waals surface area contributed by atoms with E-state index in [9.17, 15) is 19.3 Å². The van der Waals surface area contributed by atoms with Crippen molar-refractivity contribution in [1.29, 1.82) is 0 Å². The molecule has 1 aromatic rings. The molecule has 108 valence electrons. The molecule has 7 heteroatoms. The summed E-state index contributed by atoms with van der Waals surface area (Å²) < 4.78 is 13.4. The van der Waals surface area contributed by atoms with Crippen LogP contribution in [0.25, 0.3) is 0 Å². The first-order valence-electron chi connectivity index (χ1n) is 6.39. The zero-order valence-corrected chi connectivity index (χ0v) is 10.8. The van der Waals surface area contributed by atoms with E-state index in [1.807, 2.05) is 0 Å². The second-order valence-electron chi connectivity index (χ2n) is 4.76. The van der Waals surface area contributed by atoms with Gasteiger partial charge in [-0.1, -0.05) is 0 Å². The fourth-order valence-corrected chi connectivity index (χ4v) is 2.22. The van der Waals surface area contributed by atoms with E-state index in [1.165, 1.54) is 4.90 Å². The number of halogens is 1. The van der Waals surface area contributed by atoms with Gasteiger partial charge in [0.2, 0.25) is 0 Å². The van der Waals surface area contributed by atoms with Crippen LogP contribution in [0.1, 0.15) is 29.6 Å². The van der Waals surface area contributed by atoms with Gasteiger partial charge in [-0.05, 0) is 25.3 Å². The molecule has 20 heavy (non-hydrogen) atoms. The van der Waals surface area contributed by atoms with Gasteiger partial charge in [-0.3, -0.25) is 14.9 Å². The van der Waals surface area contributed by atoms with Crippen molar-refractivity contribution in [2.75, 3.05) is 13.2 Å². The van der Waals surface area contributed by atoms with E-state index in [4.69, 9.17) is 5.11 Å². The third-order valence-corrected chi connectivity index (χ3v) is 3.46. The smallest absolute Gasteiger partial charge is 0.273 e. The molecule has 0 aromatic heterocycles. The zero-order chi connectivity index (χ0) is 14.7. The van der Waals surface area contributed by atoms with Crippen LogP contribution < -0.4 is 0 Å². The van der Waals surface area contributed by atoms with Gasteiger partial charge in [0.05, 0.1) is 17.6 Å². The SMILES string of the molecule is O=C(c1cc(F)cc([N+](=O)[O-])c1)N(CCO)C1CCC1. The van der Waals surface area contributed by atoms with E-state index >= 15 is 0 Å². The van der Waals surface area contributed by atoms with Crippen LogP contribution in [0, 0.1) is 15.9 Å². The van der Waals surface area contributed by atoms with E-state index in [0.29, 0.717) is 0 Å². The number of nitro benzene ring substituents is 1. The Kier molecular flexibility index (Phi) is 4.29. The molecule has 0 saturated heterocycles. The lowest BCUT2D eigenvalue weighted by atomic mass is 9.91. The summed E-state index contributed by atoms with van der Waals surface area (Å²) >= 11 is 0. The fraction of sp³-hybridized carbons (Fsp3) is 0.462. The fourth-order valence-electron chi connectivity index (χ4n) is 2.22. The molecule has 1 saturated carbocycles. The molecule has 2 rings (SSSR count). The van der Waals surface area contributed by atoms with Gasteiger partial charge >= 0.3 is 0 Å². The molecule has 1 aliphatic carbocycles. The Balaban J connectivity index is 2.28. The second kappa shape index (κ2) is 5.96. The summed E-state index contributed by atoms with van der Waals surface area (Å²) in [4.78, 5) is 23.7. The van der Waals surface area contributed by atoms with Crippen molar-refractivity contribution in [1.82, 2.24) is 4.90 Å². The van der Waals surface area contributed by atoms with Crippen molar-refractivity contribution in [3.05, 3.63) is 39.7 Å². The highest BCUT2D eigenvalue weighted by Crippen LogP contribution is 2.27. The van der Waals surface area contributed by atoms with Crippen molar-refractivity contribution < 1.29 is 19.2 Å². The van der Waals surface area contributed by atoms with E-state index in [0.717, 1.165) is 37.5 Å². The molecule has 0 spiro atoms. The minimum absolute atomic E-state index is 0.0250. The predicted octanol–water partition coefficient (Wildman–Crippen LogP) is 1.72. The lowest BCUT2D eigenvalue weighted by Crippen LogP contribution is -2.45. The minimum Gasteiger partial charge on any atom is -0.395 e. The monoisotopic (exact) mass is 282 g/mol.